The number of furan rings is 1. The van der Waals surface area contributed by atoms with Crippen LogP contribution in [0, 0.1) is 0 Å². The molecule has 0 spiro atoms. The van der Waals surface area contributed by atoms with Crippen molar-refractivity contribution in [2.45, 2.75) is 52.4 Å². The van der Waals surface area contributed by atoms with Gasteiger partial charge in [-0.05, 0) is 109 Å². The maximum Gasteiger partial charge on any atom is 0.136 e. The van der Waals surface area contributed by atoms with Gasteiger partial charge in [-0.25, -0.2) is 0 Å². The highest BCUT2D eigenvalue weighted by atomic mass is 16.3. The normalized spacial score (nSPS) is 12.1. The Labute approximate surface area is 330 Å². The molecule has 0 aliphatic carbocycles. The predicted octanol–water partition coefficient (Wildman–Crippen LogP) is 15.8. The summed E-state index contributed by atoms with van der Waals surface area (Å²) >= 11 is 0. The van der Waals surface area contributed by atoms with Crippen LogP contribution in [0.2, 0.25) is 0 Å². The lowest BCUT2D eigenvalue weighted by Crippen LogP contribution is -2.16. The standard InChI is InChI=1S/C54H47NO/c1-53(2,3)40-32-39(33-41(35-40)54(4,5)6)44-22-14-16-37-17-15-23-48(52(37)44)45-20-10-12-24-49(45)55(42-18-8-7-9-19-42)43-29-26-36(27-30-43)38-28-31-47-46-21-11-13-25-50(46)56-51(47)34-38/h7-35H,1-6H3. The summed E-state index contributed by atoms with van der Waals surface area (Å²) < 4.78 is 6.25. The molecule has 9 rings (SSSR count). The highest BCUT2D eigenvalue weighted by Gasteiger charge is 2.23. The molecule has 0 aliphatic heterocycles. The van der Waals surface area contributed by atoms with Crippen LogP contribution in [0.1, 0.15) is 52.7 Å². The average Bonchev–Trinajstić information content (AvgIpc) is 3.59. The van der Waals surface area contributed by atoms with Crippen molar-refractivity contribution in [3.05, 3.63) is 187 Å². The summed E-state index contributed by atoms with van der Waals surface area (Å²) in [4.78, 5) is 2.39. The summed E-state index contributed by atoms with van der Waals surface area (Å²) in [5, 5.41) is 4.77. The minimum absolute atomic E-state index is 0.0158. The van der Waals surface area contributed by atoms with E-state index in [1.54, 1.807) is 0 Å². The second-order valence-corrected chi connectivity index (χ2v) is 17.1. The van der Waals surface area contributed by atoms with Gasteiger partial charge in [0.1, 0.15) is 11.2 Å². The molecule has 9 aromatic rings. The van der Waals surface area contributed by atoms with Crippen LogP contribution in [0.3, 0.4) is 0 Å². The van der Waals surface area contributed by atoms with E-state index in [1.165, 1.54) is 44.2 Å². The van der Waals surface area contributed by atoms with Crippen molar-refractivity contribution >= 4 is 49.8 Å². The first kappa shape index (κ1) is 35.3. The fourth-order valence-corrected chi connectivity index (χ4v) is 8.06. The zero-order valence-corrected chi connectivity index (χ0v) is 33.1. The topological polar surface area (TPSA) is 16.4 Å². The molecule has 1 aromatic heterocycles. The Kier molecular flexibility index (Phi) is 8.66. The molecule has 0 saturated heterocycles. The zero-order valence-electron chi connectivity index (χ0n) is 33.1. The van der Waals surface area contributed by atoms with E-state index in [0.29, 0.717) is 0 Å². The van der Waals surface area contributed by atoms with E-state index in [0.717, 1.165) is 50.1 Å². The maximum atomic E-state index is 6.25. The molecular formula is C54H47NO. The molecule has 2 heteroatoms. The van der Waals surface area contributed by atoms with E-state index in [-0.39, 0.29) is 10.8 Å². The third-order valence-electron chi connectivity index (χ3n) is 11.2. The third kappa shape index (κ3) is 6.46. The van der Waals surface area contributed by atoms with Gasteiger partial charge in [-0.1, -0.05) is 169 Å². The molecule has 274 valence electrons. The second-order valence-electron chi connectivity index (χ2n) is 17.1. The molecule has 0 N–H and O–H groups in total. The molecule has 8 aromatic carbocycles. The maximum absolute atomic E-state index is 6.25. The van der Waals surface area contributed by atoms with Gasteiger partial charge in [-0.15, -0.1) is 0 Å². The minimum atomic E-state index is 0.0158. The Morgan fingerprint density at radius 3 is 1.68 bits per heavy atom. The van der Waals surface area contributed by atoms with Crippen LogP contribution in [0.5, 0.6) is 0 Å². The van der Waals surface area contributed by atoms with Crippen LogP contribution in [0.4, 0.5) is 17.1 Å². The summed E-state index contributed by atoms with van der Waals surface area (Å²) in [6.07, 6.45) is 0. The van der Waals surface area contributed by atoms with Crippen molar-refractivity contribution in [3.63, 3.8) is 0 Å². The van der Waals surface area contributed by atoms with Gasteiger partial charge >= 0.3 is 0 Å². The van der Waals surface area contributed by atoms with E-state index in [2.05, 4.69) is 210 Å². The Morgan fingerprint density at radius 1 is 0.393 bits per heavy atom. The molecule has 0 saturated carbocycles. The largest absolute Gasteiger partial charge is 0.456 e. The minimum Gasteiger partial charge on any atom is -0.456 e. The van der Waals surface area contributed by atoms with Crippen LogP contribution in [0.25, 0.3) is 66.1 Å². The van der Waals surface area contributed by atoms with Crippen LogP contribution in [-0.4, -0.2) is 0 Å². The third-order valence-corrected chi connectivity index (χ3v) is 11.2. The van der Waals surface area contributed by atoms with E-state index >= 15 is 0 Å². The average molecular weight is 726 g/mol. The van der Waals surface area contributed by atoms with Gasteiger partial charge < -0.3 is 9.32 Å². The van der Waals surface area contributed by atoms with Gasteiger partial charge in [0.25, 0.3) is 0 Å². The zero-order chi connectivity index (χ0) is 38.6. The molecule has 0 unspecified atom stereocenters. The first-order chi connectivity index (χ1) is 27.0. The molecule has 2 nitrogen and oxygen atoms in total. The Hall–Kier alpha value is -6.38. The van der Waals surface area contributed by atoms with E-state index in [4.69, 9.17) is 4.42 Å². The lowest BCUT2D eigenvalue weighted by molar-refractivity contribution is 0.569. The summed E-state index contributed by atoms with van der Waals surface area (Å²) in [5.41, 5.74) is 15.0. The molecule has 1 heterocycles. The van der Waals surface area contributed by atoms with Crippen molar-refractivity contribution in [3.8, 4) is 33.4 Å². The summed E-state index contributed by atoms with van der Waals surface area (Å²) in [7, 11) is 0. The summed E-state index contributed by atoms with van der Waals surface area (Å²) in [6.45, 7) is 13.9. The summed E-state index contributed by atoms with van der Waals surface area (Å²) in [6, 6.07) is 64.0. The van der Waals surface area contributed by atoms with Crippen molar-refractivity contribution in [1.29, 1.82) is 0 Å². The molecule has 0 atom stereocenters. The second kappa shape index (κ2) is 13.7. The molecule has 0 amide bonds. The fourth-order valence-electron chi connectivity index (χ4n) is 8.06. The van der Waals surface area contributed by atoms with Crippen LogP contribution < -0.4 is 4.90 Å². The molecule has 0 bridgehead atoms. The van der Waals surface area contributed by atoms with Crippen molar-refractivity contribution < 1.29 is 4.42 Å². The van der Waals surface area contributed by atoms with Gasteiger partial charge in [0.05, 0.1) is 5.69 Å². The van der Waals surface area contributed by atoms with Gasteiger partial charge in [0.2, 0.25) is 0 Å². The number of fused-ring (bicyclic) bond motifs is 4. The van der Waals surface area contributed by atoms with Crippen LogP contribution in [-0.2, 0) is 10.8 Å². The van der Waals surface area contributed by atoms with Gasteiger partial charge in [0.15, 0.2) is 0 Å². The van der Waals surface area contributed by atoms with Crippen molar-refractivity contribution in [2.24, 2.45) is 0 Å². The highest BCUT2D eigenvalue weighted by Crippen LogP contribution is 2.46. The molecule has 56 heavy (non-hydrogen) atoms. The summed E-state index contributed by atoms with van der Waals surface area (Å²) in [5.74, 6) is 0. The number of benzene rings is 8. The molecule has 0 aliphatic rings. The predicted molar refractivity (Wildman–Crippen MR) is 240 cm³/mol. The Bertz CT molecular complexity index is 2830. The monoisotopic (exact) mass is 725 g/mol. The Morgan fingerprint density at radius 2 is 0.964 bits per heavy atom. The fraction of sp³-hybridized carbons (Fsp3) is 0.148. The van der Waals surface area contributed by atoms with E-state index < -0.39 is 0 Å². The number of anilines is 3. The quantitative estimate of drug-likeness (QED) is 0.170. The van der Waals surface area contributed by atoms with Gasteiger partial charge in [0, 0.05) is 27.7 Å². The van der Waals surface area contributed by atoms with E-state index in [9.17, 15) is 0 Å². The number of nitrogens with zero attached hydrogens (tertiary/aromatic N) is 1. The first-order valence-electron chi connectivity index (χ1n) is 19.7. The van der Waals surface area contributed by atoms with Crippen LogP contribution >= 0.6 is 0 Å². The number of rotatable bonds is 6. The molecular weight excluding hydrogens is 679 g/mol. The first-order valence-corrected chi connectivity index (χ1v) is 19.7. The molecule has 0 radical (unpaired) electrons. The number of hydrogen-bond acceptors (Lipinski definition) is 2. The van der Waals surface area contributed by atoms with Gasteiger partial charge in [-0.3, -0.25) is 0 Å². The number of para-hydroxylation sites is 3. The highest BCUT2D eigenvalue weighted by molar-refractivity contribution is 6.09. The SMILES string of the molecule is CC(C)(C)c1cc(-c2cccc3cccc(-c4ccccc4N(c4ccccc4)c4ccc(-c5ccc6c(c5)oc5ccccc56)cc4)c23)cc(C(C)(C)C)c1. The van der Waals surface area contributed by atoms with E-state index in [1.807, 2.05) is 12.1 Å². The smallest absolute Gasteiger partial charge is 0.136 e. The molecule has 0 fully saturated rings. The number of hydrogen-bond donors (Lipinski definition) is 0. The lowest BCUT2D eigenvalue weighted by atomic mass is 9.78. The van der Waals surface area contributed by atoms with Crippen molar-refractivity contribution in [2.75, 3.05) is 4.90 Å². The van der Waals surface area contributed by atoms with Gasteiger partial charge in [-0.2, -0.15) is 0 Å². The lowest BCUT2D eigenvalue weighted by Gasteiger charge is -2.29. The van der Waals surface area contributed by atoms with Crippen LogP contribution in [0.15, 0.2) is 180 Å². The van der Waals surface area contributed by atoms with Crippen molar-refractivity contribution in [1.82, 2.24) is 0 Å². The Balaban J connectivity index is 1.19.